The van der Waals surface area contributed by atoms with Gasteiger partial charge >= 0.3 is 0 Å². The van der Waals surface area contributed by atoms with E-state index in [-0.39, 0.29) is 5.91 Å². The van der Waals surface area contributed by atoms with Crippen LogP contribution in [-0.4, -0.2) is 42.0 Å². The maximum atomic E-state index is 12.3. The second-order valence-corrected chi connectivity index (χ2v) is 4.92. The SMILES string of the molecule is Cc1ccoc1C(=O)N1CCN(c2ccncc2)CC1. The summed E-state index contributed by atoms with van der Waals surface area (Å²) in [4.78, 5) is 20.5. The third-order valence-corrected chi connectivity index (χ3v) is 3.65. The monoisotopic (exact) mass is 271 g/mol. The van der Waals surface area contributed by atoms with Crippen LogP contribution in [0.1, 0.15) is 16.1 Å². The summed E-state index contributed by atoms with van der Waals surface area (Å²) in [5.41, 5.74) is 2.05. The van der Waals surface area contributed by atoms with E-state index in [0.29, 0.717) is 18.8 Å². The van der Waals surface area contributed by atoms with Crippen molar-refractivity contribution in [2.24, 2.45) is 0 Å². The molecule has 5 nitrogen and oxygen atoms in total. The molecule has 0 atom stereocenters. The van der Waals surface area contributed by atoms with Gasteiger partial charge in [0.05, 0.1) is 6.26 Å². The van der Waals surface area contributed by atoms with Crippen LogP contribution in [0.5, 0.6) is 0 Å². The fourth-order valence-electron chi connectivity index (χ4n) is 2.46. The molecule has 2 aromatic heterocycles. The largest absolute Gasteiger partial charge is 0.459 e. The highest BCUT2D eigenvalue weighted by Gasteiger charge is 2.25. The van der Waals surface area contributed by atoms with Crippen molar-refractivity contribution in [2.45, 2.75) is 6.92 Å². The number of aromatic nitrogens is 1. The number of nitrogens with zero attached hydrogens (tertiary/aromatic N) is 3. The minimum absolute atomic E-state index is 0.0121. The van der Waals surface area contributed by atoms with Crippen LogP contribution in [-0.2, 0) is 0 Å². The Hall–Kier alpha value is -2.30. The normalized spacial score (nSPS) is 15.4. The van der Waals surface area contributed by atoms with Gasteiger partial charge in [-0.15, -0.1) is 0 Å². The highest BCUT2D eigenvalue weighted by Crippen LogP contribution is 2.17. The summed E-state index contributed by atoms with van der Waals surface area (Å²) < 4.78 is 5.28. The molecule has 1 aliphatic heterocycles. The van der Waals surface area contributed by atoms with Gasteiger partial charge in [0.25, 0.3) is 5.91 Å². The zero-order chi connectivity index (χ0) is 13.9. The van der Waals surface area contributed by atoms with Gasteiger partial charge < -0.3 is 14.2 Å². The molecule has 20 heavy (non-hydrogen) atoms. The predicted octanol–water partition coefficient (Wildman–Crippen LogP) is 1.95. The second-order valence-electron chi connectivity index (χ2n) is 4.92. The third-order valence-electron chi connectivity index (χ3n) is 3.65. The fourth-order valence-corrected chi connectivity index (χ4v) is 2.46. The lowest BCUT2D eigenvalue weighted by Crippen LogP contribution is -2.48. The van der Waals surface area contributed by atoms with Crippen molar-refractivity contribution in [3.8, 4) is 0 Å². The average Bonchev–Trinajstić information content (AvgIpc) is 2.94. The topological polar surface area (TPSA) is 49.6 Å². The van der Waals surface area contributed by atoms with E-state index in [1.54, 1.807) is 18.7 Å². The molecule has 0 radical (unpaired) electrons. The van der Waals surface area contributed by atoms with Crippen LogP contribution in [0.3, 0.4) is 0 Å². The maximum absolute atomic E-state index is 12.3. The van der Waals surface area contributed by atoms with E-state index in [0.717, 1.165) is 24.3 Å². The molecule has 0 bridgehead atoms. The highest BCUT2D eigenvalue weighted by atomic mass is 16.3. The Morgan fingerprint density at radius 2 is 1.85 bits per heavy atom. The van der Waals surface area contributed by atoms with Crippen LogP contribution in [0, 0.1) is 6.92 Å². The summed E-state index contributed by atoms with van der Waals surface area (Å²) in [5, 5.41) is 0. The fraction of sp³-hybridized carbons (Fsp3) is 0.333. The van der Waals surface area contributed by atoms with E-state index in [1.807, 2.05) is 30.0 Å². The number of carbonyl (C=O) groups is 1. The molecule has 104 valence electrons. The van der Waals surface area contributed by atoms with Crippen molar-refractivity contribution in [3.05, 3.63) is 48.2 Å². The van der Waals surface area contributed by atoms with Crippen LogP contribution >= 0.6 is 0 Å². The van der Waals surface area contributed by atoms with Gasteiger partial charge in [-0.3, -0.25) is 9.78 Å². The molecule has 3 heterocycles. The zero-order valence-corrected chi connectivity index (χ0v) is 11.5. The Balaban J connectivity index is 1.64. The van der Waals surface area contributed by atoms with Crippen LogP contribution in [0.2, 0.25) is 0 Å². The van der Waals surface area contributed by atoms with E-state index in [1.165, 1.54) is 0 Å². The van der Waals surface area contributed by atoms with Gasteiger partial charge in [-0.25, -0.2) is 0 Å². The molecule has 1 amide bonds. The molecule has 2 aromatic rings. The van der Waals surface area contributed by atoms with Gasteiger partial charge in [0.1, 0.15) is 0 Å². The van der Waals surface area contributed by atoms with Gasteiger partial charge in [-0.2, -0.15) is 0 Å². The minimum Gasteiger partial charge on any atom is -0.459 e. The number of hydrogen-bond donors (Lipinski definition) is 0. The Labute approximate surface area is 117 Å². The molecule has 0 spiro atoms. The maximum Gasteiger partial charge on any atom is 0.289 e. The van der Waals surface area contributed by atoms with Crippen molar-refractivity contribution >= 4 is 11.6 Å². The van der Waals surface area contributed by atoms with Gasteiger partial charge in [-0.05, 0) is 25.1 Å². The number of hydrogen-bond acceptors (Lipinski definition) is 4. The lowest BCUT2D eigenvalue weighted by molar-refractivity contribution is 0.0713. The molecule has 1 aliphatic rings. The van der Waals surface area contributed by atoms with Gasteiger partial charge in [0.2, 0.25) is 0 Å². The highest BCUT2D eigenvalue weighted by molar-refractivity contribution is 5.93. The Kier molecular flexibility index (Phi) is 3.41. The Morgan fingerprint density at radius 3 is 2.45 bits per heavy atom. The number of rotatable bonds is 2. The number of carbonyl (C=O) groups excluding carboxylic acids is 1. The summed E-state index contributed by atoms with van der Waals surface area (Å²) >= 11 is 0. The van der Waals surface area contributed by atoms with Gasteiger partial charge in [0.15, 0.2) is 5.76 Å². The molecule has 0 aliphatic carbocycles. The first-order valence-electron chi connectivity index (χ1n) is 6.74. The number of anilines is 1. The van der Waals surface area contributed by atoms with Crippen molar-refractivity contribution < 1.29 is 9.21 Å². The molecular weight excluding hydrogens is 254 g/mol. The Bertz CT molecular complexity index is 586. The summed E-state index contributed by atoms with van der Waals surface area (Å²) in [6.45, 7) is 4.97. The smallest absolute Gasteiger partial charge is 0.289 e. The summed E-state index contributed by atoms with van der Waals surface area (Å²) in [6, 6.07) is 5.81. The van der Waals surface area contributed by atoms with Crippen molar-refractivity contribution in [3.63, 3.8) is 0 Å². The first-order valence-corrected chi connectivity index (χ1v) is 6.74. The summed E-state index contributed by atoms with van der Waals surface area (Å²) in [5.74, 6) is 0.448. The molecule has 1 fully saturated rings. The molecular formula is C15H17N3O2. The van der Waals surface area contributed by atoms with E-state index in [2.05, 4.69) is 9.88 Å². The molecule has 0 unspecified atom stereocenters. The Morgan fingerprint density at radius 1 is 1.15 bits per heavy atom. The van der Waals surface area contributed by atoms with Crippen molar-refractivity contribution in [2.75, 3.05) is 31.1 Å². The quantitative estimate of drug-likeness (QED) is 0.837. The van der Waals surface area contributed by atoms with Crippen LogP contribution in [0.25, 0.3) is 0 Å². The standard InChI is InChI=1S/C15H17N3O2/c1-12-4-11-20-14(12)15(19)18-9-7-17(8-10-18)13-2-5-16-6-3-13/h2-6,11H,7-10H2,1H3. The number of pyridine rings is 1. The molecule has 0 aromatic carbocycles. The van der Waals surface area contributed by atoms with Crippen LogP contribution in [0.4, 0.5) is 5.69 Å². The van der Waals surface area contributed by atoms with Crippen molar-refractivity contribution in [1.29, 1.82) is 0 Å². The lowest BCUT2D eigenvalue weighted by Gasteiger charge is -2.35. The zero-order valence-electron chi connectivity index (χ0n) is 11.5. The van der Waals surface area contributed by atoms with E-state index in [9.17, 15) is 4.79 Å². The molecule has 5 heteroatoms. The number of aryl methyl sites for hydroxylation is 1. The van der Waals surface area contributed by atoms with Crippen LogP contribution in [0.15, 0.2) is 41.3 Å². The molecule has 0 saturated carbocycles. The lowest BCUT2D eigenvalue weighted by atomic mass is 10.2. The molecule has 0 N–H and O–H groups in total. The van der Waals surface area contributed by atoms with E-state index >= 15 is 0 Å². The predicted molar refractivity (Wildman–Crippen MR) is 75.8 cm³/mol. The van der Waals surface area contributed by atoms with Gasteiger partial charge in [-0.1, -0.05) is 0 Å². The number of piperazine rings is 1. The number of furan rings is 1. The summed E-state index contributed by atoms with van der Waals surface area (Å²) in [7, 11) is 0. The van der Waals surface area contributed by atoms with Crippen molar-refractivity contribution in [1.82, 2.24) is 9.88 Å². The summed E-state index contributed by atoms with van der Waals surface area (Å²) in [6.07, 6.45) is 5.15. The molecule has 1 saturated heterocycles. The minimum atomic E-state index is -0.0121. The number of amides is 1. The second kappa shape index (κ2) is 5.36. The van der Waals surface area contributed by atoms with Crippen LogP contribution < -0.4 is 4.90 Å². The first kappa shape index (κ1) is 12.7. The third kappa shape index (κ3) is 2.39. The van der Waals surface area contributed by atoms with E-state index < -0.39 is 0 Å². The van der Waals surface area contributed by atoms with Gasteiger partial charge in [0, 0.05) is 49.8 Å². The average molecular weight is 271 g/mol. The van der Waals surface area contributed by atoms with E-state index in [4.69, 9.17) is 4.42 Å². The molecule has 3 rings (SSSR count). The first-order chi connectivity index (χ1) is 9.75.